The molecule has 18 heavy (non-hydrogen) atoms. The third kappa shape index (κ3) is 4.00. The van der Waals surface area contributed by atoms with Crippen molar-refractivity contribution in [2.75, 3.05) is 26.2 Å². The lowest BCUT2D eigenvalue weighted by Gasteiger charge is -2.31. The van der Waals surface area contributed by atoms with Gasteiger partial charge in [-0.1, -0.05) is 19.1 Å². The van der Waals surface area contributed by atoms with Crippen LogP contribution in [0.1, 0.15) is 25.8 Å². The van der Waals surface area contributed by atoms with E-state index in [0.29, 0.717) is 6.04 Å². The third-order valence-electron chi connectivity index (χ3n) is 3.23. The van der Waals surface area contributed by atoms with Gasteiger partial charge in [0.15, 0.2) is 0 Å². The Labute approximate surface area is 110 Å². The molecule has 3 nitrogen and oxygen atoms in total. The highest BCUT2D eigenvalue weighted by Crippen LogP contribution is 2.15. The molecule has 1 aliphatic rings. The van der Waals surface area contributed by atoms with Crippen molar-refractivity contribution < 1.29 is 4.74 Å². The van der Waals surface area contributed by atoms with Gasteiger partial charge in [-0.25, -0.2) is 0 Å². The fraction of sp³-hybridized carbons (Fsp3) is 0.600. The Kier molecular flexibility index (Phi) is 5.02. The van der Waals surface area contributed by atoms with Crippen molar-refractivity contribution in [3.63, 3.8) is 0 Å². The second kappa shape index (κ2) is 6.76. The van der Waals surface area contributed by atoms with Gasteiger partial charge >= 0.3 is 0 Å². The summed E-state index contributed by atoms with van der Waals surface area (Å²) in [6, 6.07) is 9.08. The first-order valence-electron chi connectivity index (χ1n) is 6.95. The summed E-state index contributed by atoms with van der Waals surface area (Å²) < 4.78 is 5.68. The van der Waals surface area contributed by atoms with Gasteiger partial charge in [-0.3, -0.25) is 4.90 Å². The van der Waals surface area contributed by atoms with Gasteiger partial charge in [0.05, 0.1) is 6.61 Å². The van der Waals surface area contributed by atoms with Crippen LogP contribution in [0.25, 0.3) is 0 Å². The summed E-state index contributed by atoms with van der Waals surface area (Å²) in [6.45, 7) is 9.54. The molecule has 1 unspecified atom stereocenters. The van der Waals surface area contributed by atoms with Crippen molar-refractivity contribution in [2.45, 2.75) is 32.9 Å². The van der Waals surface area contributed by atoms with Gasteiger partial charge in [0.25, 0.3) is 0 Å². The molecule has 100 valence electrons. The molecule has 0 saturated carbocycles. The highest BCUT2D eigenvalue weighted by Gasteiger charge is 2.15. The molecule has 0 amide bonds. The molecule has 1 aliphatic heterocycles. The minimum Gasteiger partial charge on any atom is -0.494 e. The Morgan fingerprint density at radius 3 is 3.11 bits per heavy atom. The smallest absolute Gasteiger partial charge is 0.119 e. The average molecular weight is 248 g/mol. The lowest BCUT2D eigenvalue weighted by Crippen LogP contribution is -2.48. The SMILES string of the molecule is CCCOc1cccc(CN2CCNC(C)C2)c1. The Bertz CT molecular complexity index is 367. The maximum absolute atomic E-state index is 5.68. The largest absolute Gasteiger partial charge is 0.494 e. The number of ether oxygens (including phenoxy) is 1. The summed E-state index contributed by atoms with van der Waals surface area (Å²) in [7, 11) is 0. The Hall–Kier alpha value is -1.06. The van der Waals surface area contributed by atoms with E-state index in [1.165, 1.54) is 5.56 Å². The Balaban J connectivity index is 1.91. The van der Waals surface area contributed by atoms with E-state index in [1.807, 2.05) is 6.07 Å². The fourth-order valence-corrected chi connectivity index (χ4v) is 2.37. The molecule has 0 aliphatic carbocycles. The number of hydrogen-bond acceptors (Lipinski definition) is 3. The maximum atomic E-state index is 5.68. The number of nitrogens with zero attached hydrogens (tertiary/aromatic N) is 1. The fourth-order valence-electron chi connectivity index (χ4n) is 2.37. The second-order valence-corrected chi connectivity index (χ2v) is 5.09. The monoisotopic (exact) mass is 248 g/mol. The zero-order valence-corrected chi connectivity index (χ0v) is 11.5. The molecule has 1 atom stereocenters. The Morgan fingerprint density at radius 1 is 1.44 bits per heavy atom. The van der Waals surface area contributed by atoms with Gasteiger partial charge in [0.1, 0.15) is 5.75 Å². The van der Waals surface area contributed by atoms with Crippen LogP contribution in [0.2, 0.25) is 0 Å². The van der Waals surface area contributed by atoms with Crippen LogP contribution in [0.4, 0.5) is 0 Å². The maximum Gasteiger partial charge on any atom is 0.119 e. The first-order valence-corrected chi connectivity index (χ1v) is 6.95. The van der Waals surface area contributed by atoms with Gasteiger partial charge in [-0.2, -0.15) is 0 Å². The van der Waals surface area contributed by atoms with E-state index in [-0.39, 0.29) is 0 Å². The lowest BCUT2D eigenvalue weighted by atomic mass is 10.1. The van der Waals surface area contributed by atoms with Gasteiger partial charge in [0, 0.05) is 32.2 Å². The van der Waals surface area contributed by atoms with E-state index < -0.39 is 0 Å². The highest BCUT2D eigenvalue weighted by atomic mass is 16.5. The van der Waals surface area contributed by atoms with Crippen molar-refractivity contribution in [1.82, 2.24) is 10.2 Å². The third-order valence-corrected chi connectivity index (χ3v) is 3.23. The molecule has 1 fully saturated rings. The minimum absolute atomic E-state index is 0.596. The van der Waals surface area contributed by atoms with Crippen molar-refractivity contribution >= 4 is 0 Å². The molecule has 3 heteroatoms. The molecule has 1 saturated heterocycles. The van der Waals surface area contributed by atoms with Crippen LogP contribution in [0.5, 0.6) is 5.75 Å². The summed E-state index contributed by atoms with van der Waals surface area (Å²) in [4.78, 5) is 2.50. The predicted molar refractivity (Wildman–Crippen MR) is 75.0 cm³/mol. The normalized spacial score (nSPS) is 20.9. The van der Waals surface area contributed by atoms with Gasteiger partial charge < -0.3 is 10.1 Å². The number of piperazine rings is 1. The summed E-state index contributed by atoms with van der Waals surface area (Å²) in [5.74, 6) is 0.998. The van der Waals surface area contributed by atoms with Gasteiger partial charge in [-0.05, 0) is 31.0 Å². The quantitative estimate of drug-likeness (QED) is 0.865. The molecule has 1 aromatic rings. The van der Waals surface area contributed by atoms with Crippen LogP contribution >= 0.6 is 0 Å². The van der Waals surface area contributed by atoms with E-state index in [2.05, 4.69) is 42.3 Å². The van der Waals surface area contributed by atoms with E-state index in [0.717, 1.165) is 45.0 Å². The summed E-state index contributed by atoms with van der Waals surface area (Å²) >= 11 is 0. The highest BCUT2D eigenvalue weighted by molar-refractivity contribution is 5.28. The molecular weight excluding hydrogens is 224 g/mol. The van der Waals surface area contributed by atoms with Crippen LogP contribution < -0.4 is 10.1 Å². The summed E-state index contributed by atoms with van der Waals surface area (Å²) in [6.07, 6.45) is 1.06. The average Bonchev–Trinajstić information content (AvgIpc) is 2.37. The number of benzene rings is 1. The second-order valence-electron chi connectivity index (χ2n) is 5.09. The van der Waals surface area contributed by atoms with Gasteiger partial charge in [-0.15, -0.1) is 0 Å². The van der Waals surface area contributed by atoms with Crippen molar-refractivity contribution in [1.29, 1.82) is 0 Å². The first-order chi connectivity index (χ1) is 8.78. The Morgan fingerprint density at radius 2 is 2.33 bits per heavy atom. The molecule has 0 bridgehead atoms. The predicted octanol–water partition coefficient (Wildman–Crippen LogP) is 2.27. The van der Waals surface area contributed by atoms with Crippen LogP contribution in [0.3, 0.4) is 0 Å². The van der Waals surface area contributed by atoms with Crippen LogP contribution in [0.15, 0.2) is 24.3 Å². The topological polar surface area (TPSA) is 24.5 Å². The first kappa shape index (κ1) is 13.4. The van der Waals surface area contributed by atoms with Crippen molar-refractivity contribution in [2.24, 2.45) is 0 Å². The molecule has 0 aromatic heterocycles. The van der Waals surface area contributed by atoms with E-state index >= 15 is 0 Å². The zero-order valence-electron chi connectivity index (χ0n) is 11.5. The zero-order chi connectivity index (χ0) is 12.8. The van der Waals surface area contributed by atoms with Gasteiger partial charge in [0.2, 0.25) is 0 Å². The number of rotatable bonds is 5. The number of nitrogens with one attached hydrogen (secondary N) is 1. The van der Waals surface area contributed by atoms with Crippen LogP contribution in [-0.4, -0.2) is 37.2 Å². The lowest BCUT2D eigenvalue weighted by molar-refractivity contribution is 0.199. The number of hydrogen-bond donors (Lipinski definition) is 1. The van der Waals surface area contributed by atoms with Crippen molar-refractivity contribution in [3.05, 3.63) is 29.8 Å². The van der Waals surface area contributed by atoms with Crippen LogP contribution in [-0.2, 0) is 6.54 Å². The minimum atomic E-state index is 0.596. The molecule has 2 rings (SSSR count). The van der Waals surface area contributed by atoms with Crippen LogP contribution in [0, 0.1) is 0 Å². The molecular formula is C15H24N2O. The molecule has 1 heterocycles. The van der Waals surface area contributed by atoms with Crippen molar-refractivity contribution in [3.8, 4) is 5.75 Å². The summed E-state index contributed by atoms with van der Waals surface area (Å²) in [5.41, 5.74) is 1.35. The van der Waals surface area contributed by atoms with E-state index in [9.17, 15) is 0 Å². The summed E-state index contributed by atoms with van der Waals surface area (Å²) in [5, 5.41) is 3.47. The van der Waals surface area contributed by atoms with E-state index in [4.69, 9.17) is 4.74 Å². The standard InChI is InChI=1S/C15H24N2O/c1-3-9-18-15-6-4-5-14(10-15)12-17-8-7-16-13(2)11-17/h4-6,10,13,16H,3,7-9,11-12H2,1-2H3. The van der Waals surface area contributed by atoms with E-state index in [1.54, 1.807) is 0 Å². The molecule has 1 aromatic carbocycles. The molecule has 0 radical (unpaired) electrons. The molecule has 1 N–H and O–H groups in total. The molecule has 0 spiro atoms.